The van der Waals surface area contributed by atoms with Gasteiger partial charge in [0.2, 0.25) is 5.91 Å². The normalized spacial score (nSPS) is 14.0. The molecule has 2 aromatic carbocycles. The van der Waals surface area contributed by atoms with E-state index < -0.39 is 0 Å². The standard InChI is InChI=1S/C18H15ClN2OS2/c19-13-7-3-8-14-17(13)24-18(20-14)23-11-16(22)21-10-4-6-12-5-1-2-9-15(12)21/h1-3,5,7-9H,4,6,10-11H2. The molecule has 1 aliphatic rings. The Labute approximate surface area is 153 Å². The summed E-state index contributed by atoms with van der Waals surface area (Å²) in [4.78, 5) is 19.1. The molecule has 6 heteroatoms. The number of halogens is 1. The molecular weight excluding hydrogens is 360 g/mol. The Morgan fingerprint density at radius 3 is 3.00 bits per heavy atom. The molecule has 122 valence electrons. The number of fused-ring (bicyclic) bond motifs is 2. The average molecular weight is 375 g/mol. The van der Waals surface area contributed by atoms with Crippen LogP contribution in [0, 0.1) is 0 Å². The van der Waals surface area contributed by atoms with Crippen molar-refractivity contribution in [3.8, 4) is 0 Å². The van der Waals surface area contributed by atoms with Crippen LogP contribution in [-0.4, -0.2) is 23.2 Å². The van der Waals surface area contributed by atoms with Gasteiger partial charge >= 0.3 is 0 Å². The number of hydrogen-bond acceptors (Lipinski definition) is 4. The molecule has 1 aromatic heterocycles. The van der Waals surface area contributed by atoms with Crippen molar-refractivity contribution in [2.24, 2.45) is 0 Å². The zero-order chi connectivity index (χ0) is 16.5. The van der Waals surface area contributed by atoms with Gasteiger partial charge in [0.05, 0.1) is 21.0 Å². The van der Waals surface area contributed by atoms with E-state index in [0.717, 1.165) is 39.6 Å². The van der Waals surface area contributed by atoms with Crippen molar-refractivity contribution in [2.45, 2.75) is 17.2 Å². The van der Waals surface area contributed by atoms with Crippen LogP contribution >= 0.6 is 34.7 Å². The van der Waals surface area contributed by atoms with E-state index in [1.165, 1.54) is 17.3 Å². The van der Waals surface area contributed by atoms with E-state index in [1.807, 2.05) is 41.3 Å². The number of para-hydroxylation sites is 1. The quantitative estimate of drug-likeness (QED) is 0.603. The van der Waals surface area contributed by atoms with Crippen molar-refractivity contribution in [3.63, 3.8) is 0 Å². The highest BCUT2D eigenvalue weighted by Gasteiger charge is 2.22. The van der Waals surface area contributed by atoms with Crippen LogP contribution in [0.1, 0.15) is 12.0 Å². The number of nitrogens with zero attached hydrogens (tertiary/aromatic N) is 2. The molecule has 0 N–H and O–H groups in total. The lowest BCUT2D eigenvalue weighted by Gasteiger charge is -2.29. The number of anilines is 1. The number of carbonyl (C=O) groups is 1. The second-order valence-corrected chi connectivity index (χ2v) is 8.26. The van der Waals surface area contributed by atoms with E-state index >= 15 is 0 Å². The van der Waals surface area contributed by atoms with Gasteiger partial charge in [-0.05, 0) is 36.6 Å². The molecule has 1 aliphatic heterocycles. The molecule has 24 heavy (non-hydrogen) atoms. The van der Waals surface area contributed by atoms with Gasteiger partial charge in [0.15, 0.2) is 4.34 Å². The number of aryl methyl sites for hydroxylation is 1. The average Bonchev–Trinajstić information content (AvgIpc) is 3.04. The van der Waals surface area contributed by atoms with Gasteiger partial charge in [-0.15, -0.1) is 11.3 Å². The third kappa shape index (κ3) is 3.04. The largest absolute Gasteiger partial charge is 0.311 e. The van der Waals surface area contributed by atoms with Crippen LogP contribution in [0.2, 0.25) is 5.02 Å². The molecular formula is C18H15ClN2OS2. The maximum atomic E-state index is 12.7. The summed E-state index contributed by atoms with van der Waals surface area (Å²) in [6.45, 7) is 0.794. The molecule has 0 spiro atoms. The first-order valence-electron chi connectivity index (χ1n) is 7.78. The first-order valence-corrected chi connectivity index (χ1v) is 9.96. The van der Waals surface area contributed by atoms with Gasteiger partial charge in [0, 0.05) is 12.2 Å². The molecule has 2 heterocycles. The van der Waals surface area contributed by atoms with Gasteiger partial charge in [-0.1, -0.05) is 47.6 Å². The molecule has 0 saturated carbocycles. The van der Waals surface area contributed by atoms with Gasteiger partial charge in [-0.25, -0.2) is 4.98 Å². The highest BCUT2D eigenvalue weighted by Crippen LogP contribution is 2.34. The van der Waals surface area contributed by atoms with Crippen molar-refractivity contribution in [3.05, 3.63) is 53.1 Å². The first kappa shape index (κ1) is 15.9. The summed E-state index contributed by atoms with van der Waals surface area (Å²) in [5, 5.41) is 0.716. The number of carbonyl (C=O) groups excluding carboxylic acids is 1. The fourth-order valence-corrected chi connectivity index (χ4v) is 5.17. The number of thioether (sulfide) groups is 1. The van der Waals surface area contributed by atoms with E-state index in [2.05, 4.69) is 11.1 Å². The predicted molar refractivity (Wildman–Crippen MR) is 102 cm³/mol. The molecule has 0 atom stereocenters. The highest BCUT2D eigenvalue weighted by molar-refractivity contribution is 8.01. The molecule has 4 rings (SSSR count). The van der Waals surface area contributed by atoms with Crippen LogP contribution in [0.3, 0.4) is 0 Å². The van der Waals surface area contributed by atoms with Crippen LogP contribution in [0.25, 0.3) is 10.2 Å². The summed E-state index contributed by atoms with van der Waals surface area (Å²) < 4.78 is 1.87. The maximum Gasteiger partial charge on any atom is 0.237 e. The zero-order valence-electron chi connectivity index (χ0n) is 12.9. The monoisotopic (exact) mass is 374 g/mol. The van der Waals surface area contributed by atoms with Crippen molar-refractivity contribution in [2.75, 3.05) is 17.2 Å². The van der Waals surface area contributed by atoms with E-state index in [4.69, 9.17) is 11.6 Å². The fraction of sp³-hybridized carbons (Fsp3) is 0.222. The Bertz CT molecular complexity index is 909. The molecule has 0 unspecified atom stereocenters. The Morgan fingerprint density at radius 1 is 1.25 bits per heavy atom. The summed E-state index contributed by atoms with van der Waals surface area (Å²) in [5.41, 5.74) is 3.21. The molecule has 0 saturated heterocycles. The first-order chi connectivity index (χ1) is 11.7. The summed E-state index contributed by atoms with van der Waals surface area (Å²) in [6, 6.07) is 13.9. The summed E-state index contributed by atoms with van der Waals surface area (Å²) in [5.74, 6) is 0.531. The summed E-state index contributed by atoms with van der Waals surface area (Å²) >= 11 is 9.23. The third-order valence-electron chi connectivity index (χ3n) is 4.08. The van der Waals surface area contributed by atoms with E-state index in [-0.39, 0.29) is 5.91 Å². The highest BCUT2D eigenvalue weighted by atomic mass is 35.5. The summed E-state index contributed by atoms with van der Waals surface area (Å²) in [7, 11) is 0. The minimum Gasteiger partial charge on any atom is -0.311 e. The Hall–Kier alpha value is -1.56. The zero-order valence-corrected chi connectivity index (χ0v) is 15.3. The van der Waals surface area contributed by atoms with Crippen LogP contribution in [0.4, 0.5) is 5.69 Å². The molecule has 0 radical (unpaired) electrons. The second-order valence-electron chi connectivity index (χ2n) is 5.63. The number of hydrogen-bond donors (Lipinski definition) is 0. The number of amides is 1. The van der Waals surface area contributed by atoms with Gasteiger partial charge in [-0.2, -0.15) is 0 Å². The van der Waals surface area contributed by atoms with Gasteiger partial charge in [0.1, 0.15) is 0 Å². The van der Waals surface area contributed by atoms with E-state index in [1.54, 1.807) is 11.3 Å². The minimum atomic E-state index is 0.137. The lowest BCUT2D eigenvalue weighted by Crippen LogP contribution is -2.36. The topological polar surface area (TPSA) is 33.2 Å². The second kappa shape index (κ2) is 6.75. The fourth-order valence-electron chi connectivity index (χ4n) is 2.95. The SMILES string of the molecule is O=C(CSc1nc2cccc(Cl)c2s1)N1CCCc2ccccc21. The Morgan fingerprint density at radius 2 is 2.12 bits per heavy atom. The van der Waals surface area contributed by atoms with E-state index in [0.29, 0.717) is 10.8 Å². The van der Waals surface area contributed by atoms with Gasteiger partial charge < -0.3 is 4.90 Å². The van der Waals surface area contributed by atoms with Gasteiger partial charge in [-0.3, -0.25) is 4.79 Å². The molecule has 3 nitrogen and oxygen atoms in total. The minimum absolute atomic E-state index is 0.137. The molecule has 0 bridgehead atoms. The number of rotatable bonds is 3. The van der Waals surface area contributed by atoms with Crippen LogP contribution in [0.5, 0.6) is 0 Å². The number of benzene rings is 2. The molecule has 3 aromatic rings. The van der Waals surface area contributed by atoms with Crippen molar-refractivity contribution < 1.29 is 4.79 Å². The van der Waals surface area contributed by atoms with E-state index in [9.17, 15) is 4.79 Å². The number of thiazole rings is 1. The van der Waals surface area contributed by atoms with Crippen LogP contribution in [-0.2, 0) is 11.2 Å². The predicted octanol–water partition coefficient (Wildman–Crippen LogP) is 5.02. The van der Waals surface area contributed by atoms with Crippen molar-refractivity contribution in [1.29, 1.82) is 0 Å². The third-order valence-corrected chi connectivity index (χ3v) is 6.74. The maximum absolute atomic E-state index is 12.7. The Kier molecular flexibility index (Phi) is 4.48. The lowest BCUT2D eigenvalue weighted by molar-refractivity contribution is -0.116. The van der Waals surface area contributed by atoms with Gasteiger partial charge in [0.25, 0.3) is 0 Å². The molecule has 0 aliphatic carbocycles. The van der Waals surface area contributed by atoms with Crippen LogP contribution in [0.15, 0.2) is 46.8 Å². The molecule has 0 fully saturated rings. The summed E-state index contributed by atoms with van der Waals surface area (Å²) in [6.07, 6.45) is 2.06. The Balaban J connectivity index is 1.49. The van der Waals surface area contributed by atoms with Crippen molar-refractivity contribution >= 4 is 56.5 Å². The number of aromatic nitrogens is 1. The lowest BCUT2D eigenvalue weighted by atomic mass is 10.0. The molecule has 1 amide bonds. The van der Waals surface area contributed by atoms with Crippen LogP contribution < -0.4 is 4.90 Å². The smallest absolute Gasteiger partial charge is 0.237 e. The van der Waals surface area contributed by atoms with Crippen molar-refractivity contribution in [1.82, 2.24) is 4.98 Å².